The molecule has 17 heavy (non-hydrogen) atoms. The number of halogens is 2. The first-order chi connectivity index (χ1) is 8.22. The second-order valence-corrected chi connectivity index (χ2v) is 5.07. The van der Waals surface area contributed by atoms with Gasteiger partial charge in [0.1, 0.15) is 0 Å². The summed E-state index contributed by atoms with van der Waals surface area (Å²) < 4.78 is 0.922. The third-order valence-corrected chi connectivity index (χ3v) is 3.93. The molecule has 1 N–H and O–H groups in total. The van der Waals surface area contributed by atoms with E-state index in [-0.39, 0.29) is 6.04 Å². The van der Waals surface area contributed by atoms with Gasteiger partial charge in [-0.2, -0.15) is 0 Å². The van der Waals surface area contributed by atoms with Gasteiger partial charge in [0.25, 0.3) is 0 Å². The van der Waals surface area contributed by atoms with E-state index in [1.807, 2.05) is 37.4 Å². The summed E-state index contributed by atoms with van der Waals surface area (Å²) in [5, 5.41) is 4.04. The van der Waals surface area contributed by atoms with Crippen molar-refractivity contribution in [3.8, 4) is 0 Å². The number of nitrogens with one attached hydrogen (secondary N) is 1. The lowest BCUT2D eigenvalue weighted by molar-refractivity contribution is 0.692. The molecule has 0 aliphatic rings. The van der Waals surface area contributed by atoms with E-state index in [0.29, 0.717) is 0 Å². The van der Waals surface area contributed by atoms with Gasteiger partial charge in [-0.25, -0.2) is 0 Å². The smallest absolute Gasteiger partial charge is 0.0574 e. The van der Waals surface area contributed by atoms with Crippen molar-refractivity contribution in [1.29, 1.82) is 0 Å². The Morgan fingerprint density at radius 2 is 1.76 bits per heavy atom. The van der Waals surface area contributed by atoms with Crippen LogP contribution in [0.5, 0.6) is 0 Å². The first-order valence-electron chi connectivity index (χ1n) is 5.39. The van der Waals surface area contributed by atoms with Crippen LogP contribution in [0.1, 0.15) is 17.2 Å². The molecule has 0 aliphatic heterocycles. The SMILES string of the molecule is CNC(c1ccccc1)c1ccc(Br)c(Cl)c1. The Morgan fingerprint density at radius 3 is 2.35 bits per heavy atom. The summed E-state index contributed by atoms with van der Waals surface area (Å²) in [5.74, 6) is 0. The van der Waals surface area contributed by atoms with Gasteiger partial charge in [0.05, 0.1) is 11.1 Å². The Bertz CT molecular complexity index is 499. The van der Waals surface area contributed by atoms with Crippen molar-refractivity contribution < 1.29 is 0 Å². The van der Waals surface area contributed by atoms with Crippen LogP contribution in [0.25, 0.3) is 0 Å². The van der Waals surface area contributed by atoms with E-state index in [1.165, 1.54) is 5.56 Å². The zero-order valence-electron chi connectivity index (χ0n) is 9.45. The van der Waals surface area contributed by atoms with Crippen LogP contribution in [0.2, 0.25) is 5.02 Å². The highest BCUT2D eigenvalue weighted by Gasteiger charge is 2.12. The molecule has 0 aliphatic carbocycles. The summed E-state index contributed by atoms with van der Waals surface area (Å²) in [4.78, 5) is 0. The van der Waals surface area contributed by atoms with Gasteiger partial charge in [-0.3, -0.25) is 0 Å². The van der Waals surface area contributed by atoms with Crippen LogP contribution in [-0.4, -0.2) is 7.05 Å². The van der Waals surface area contributed by atoms with Crippen molar-refractivity contribution in [2.45, 2.75) is 6.04 Å². The van der Waals surface area contributed by atoms with Gasteiger partial charge in [0.15, 0.2) is 0 Å². The minimum atomic E-state index is 0.168. The third kappa shape index (κ3) is 2.89. The van der Waals surface area contributed by atoms with Gasteiger partial charge >= 0.3 is 0 Å². The predicted molar refractivity (Wildman–Crippen MR) is 76.5 cm³/mol. The third-order valence-electron chi connectivity index (χ3n) is 2.70. The van der Waals surface area contributed by atoms with Crippen molar-refractivity contribution in [2.75, 3.05) is 7.05 Å². The summed E-state index contributed by atoms with van der Waals surface area (Å²) in [6.45, 7) is 0. The Kier molecular flexibility index (Phi) is 4.21. The Hall–Kier alpha value is -0.830. The van der Waals surface area contributed by atoms with Gasteiger partial charge in [-0.1, -0.05) is 48.0 Å². The first-order valence-corrected chi connectivity index (χ1v) is 6.56. The van der Waals surface area contributed by atoms with E-state index in [1.54, 1.807) is 0 Å². The predicted octanol–water partition coefficient (Wildman–Crippen LogP) is 4.41. The summed E-state index contributed by atoms with van der Waals surface area (Å²) in [6.07, 6.45) is 0. The van der Waals surface area contributed by atoms with Gasteiger partial charge in [-0.15, -0.1) is 0 Å². The quantitative estimate of drug-likeness (QED) is 0.885. The fraction of sp³-hybridized carbons (Fsp3) is 0.143. The molecule has 0 bridgehead atoms. The minimum Gasteiger partial charge on any atom is -0.309 e. The van der Waals surface area contributed by atoms with Crippen LogP contribution in [0.15, 0.2) is 53.0 Å². The van der Waals surface area contributed by atoms with E-state index in [0.717, 1.165) is 15.1 Å². The number of hydrogen-bond donors (Lipinski definition) is 1. The maximum atomic E-state index is 6.13. The van der Waals surface area contributed by atoms with E-state index in [9.17, 15) is 0 Å². The van der Waals surface area contributed by atoms with E-state index in [2.05, 4.69) is 39.4 Å². The second-order valence-electron chi connectivity index (χ2n) is 3.81. The lowest BCUT2D eigenvalue weighted by atomic mass is 9.99. The number of rotatable bonds is 3. The summed E-state index contributed by atoms with van der Waals surface area (Å²) in [7, 11) is 1.95. The second kappa shape index (κ2) is 5.67. The van der Waals surface area contributed by atoms with Crippen LogP contribution in [0, 0.1) is 0 Å². The van der Waals surface area contributed by atoms with E-state index < -0.39 is 0 Å². The minimum absolute atomic E-state index is 0.168. The molecule has 3 heteroatoms. The highest BCUT2D eigenvalue weighted by atomic mass is 79.9. The molecule has 0 amide bonds. The zero-order valence-corrected chi connectivity index (χ0v) is 11.8. The van der Waals surface area contributed by atoms with Gasteiger partial charge in [-0.05, 0) is 46.2 Å². The lowest BCUT2D eigenvalue weighted by Crippen LogP contribution is -2.17. The van der Waals surface area contributed by atoms with Crippen molar-refractivity contribution in [3.05, 3.63) is 69.2 Å². The molecule has 0 radical (unpaired) electrons. The van der Waals surface area contributed by atoms with Crippen molar-refractivity contribution in [2.24, 2.45) is 0 Å². The van der Waals surface area contributed by atoms with Crippen LogP contribution >= 0.6 is 27.5 Å². The summed E-state index contributed by atoms with van der Waals surface area (Å²) >= 11 is 9.53. The highest BCUT2D eigenvalue weighted by Crippen LogP contribution is 2.28. The standard InChI is InChI=1S/C14H13BrClN/c1-17-14(10-5-3-2-4-6-10)11-7-8-12(15)13(16)9-11/h2-9,14,17H,1H3. The fourth-order valence-corrected chi connectivity index (χ4v) is 2.30. The first kappa shape index (κ1) is 12.6. The van der Waals surface area contributed by atoms with E-state index >= 15 is 0 Å². The van der Waals surface area contributed by atoms with Crippen LogP contribution in [0.3, 0.4) is 0 Å². The molecule has 1 unspecified atom stereocenters. The van der Waals surface area contributed by atoms with Gasteiger partial charge < -0.3 is 5.32 Å². The van der Waals surface area contributed by atoms with Crippen molar-refractivity contribution in [1.82, 2.24) is 5.32 Å². The number of benzene rings is 2. The molecule has 0 aromatic heterocycles. The molecule has 0 saturated heterocycles. The molecule has 0 heterocycles. The Labute approximate surface area is 115 Å². The molecule has 1 atom stereocenters. The molecule has 2 aromatic carbocycles. The Morgan fingerprint density at radius 1 is 1.06 bits per heavy atom. The molecule has 0 spiro atoms. The molecule has 2 rings (SSSR count). The molecule has 2 aromatic rings. The average Bonchev–Trinajstić information content (AvgIpc) is 2.36. The molecular weight excluding hydrogens is 298 g/mol. The summed E-state index contributed by atoms with van der Waals surface area (Å²) in [6, 6.07) is 16.5. The molecule has 1 nitrogen and oxygen atoms in total. The normalized spacial score (nSPS) is 12.4. The highest BCUT2D eigenvalue weighted by molar-refractivity contribution is 9.10. The zero-order chi connectivity index (χ0) is 12.3. The van der Waals surface area contributed by atoms with Crippen LogP contribution < -0.4 is 5.32 Å². The average molecular weight is 311 g/mol. The Balaban J connectivity index is 2.39. The lowest BCUT2D eigenvalue weighted by Gasteiger charge is -2.17. The monoisotopic (exact) mass is 309 g/mol. The van der Waals surface area contributed by atoms with E-state index in [4.69, 9.17) is 11.6 Å². The maximum absolute atomic E-state index is 6.13. The van der Waals surface area contributed by atoms with Gasteiger partial charge in [0.2, 0.25) is 0 Å². The molecule has 88 valence electrons. The molecule has 0 saturated carbocycles. The van der Waals surface area contributed by atoms with Crippen molar-refractivity contribution in [3.63, 3.8) is 0 Å². The van der Waals surface area contributed by atoms with Crippen molar-refractivity contribution >= 4 is 27.5 Å². The largest absolute Gasteiger partial charge is 0.309 e. The summed E-state index contributed by atoms with van der Waals surface area (Å²) in [5.41, 5.74) is 2.39. The van der Waals surface area contributed by atoms with Crippen LogP contribution in [0.4, 0.5) is 0 Å². The fourth-order valence-electron chi connectivity index (χ4n) is 1.86. The van der Waals surface area contributed by atoms with Gasteiger partial charge in [0, 0.05) is 4.47 Å². The number of hydrogen-bond acceptors (Lipinski definition) is 1. The molecular formula is C14H13BrClN. The topological polar surface area (TPSA) is 12.0 Å². The molecule has 0 fully saturated rings. The maximum Gasteiger partial charge on any atom is 0.0574 e. The van der Waals surface area contributed by atoms with Crippen LogP contribution in [-0.2, 0) is 0 Å².